The predicted molar refractivity (Wildman–Crippen MR) is 52.5 cm³/mol. The van der Waals surface area contributed by atoms with Crippen LogP contribution in [0.3, 0.4) is 0 Å². The van der Waals surface area contributed by atoms with Crippen molar-refractivity contribution in [2.45, 2.75) is 6.92 Å². The number of ketones is 1. The Morgan fingerprint density at radius 2 is 2.14 bits per heavy atom. The number of benzene rings is 1. The van der Waals surface area contributed by atoms with E-state index in [-0.39, 0.29) is 27.7 Å². The number of anilines is 1. The van der Waals surface area contributed by atoms with Crippen molar-refractivity contribution in [3.05, 3.63) is 32.8 Å². The van der Waals surface area contributed by atoms with Gasteiger partial charge in [0.25, 0.3) is 5.69 Å². The number of carbonyl (C=O) groups excluding carboxylic acids is 1. The van der Waals surface area contributed by atoms with E-state index < -0.39 is 4.92 Å². The first-order valence-corrected chi connectivity index (χ1v) is 4.05. The van der Waals surface area contributed by atoms with Crippen LogP contribution in [0.25, 0.3) is 0 Å². The molecule has 0 atom stereocenters. The van der Waals surface area contributed by atoms with Gasteiger partial charge >= 0.3 is 0 Å². The van der Waals surface area contributed by atoms with Crippen molar-refractivity contribution in [1.82, 2.24) is 0 Å². The largest absolute Gasteiger partial charge is 0.392 e. The van der Waals surface area contributed by atoms with Gasteiger partial charge in [0.1, 0.15) is 5.69 Å². The van der Waals surface area contributed by atoms with Crippen molar-refractivity contribution in [2.75, 3.05) is 5.73 Å². The third kappa shape index (κ3) is 1.82. The first-order chi connectivity index (χ1) is 6.43. The van der Waals surface area contributed by atoms with Crippen LogP contribution >= 0.6 is 11.6 Å². The van der Waals surface area contributed by atoms with Crippen molar-refractivity contribution in [1.29, 1.82) is 0 Å². The van der Waals surface area contributed by atoms with Crippen LogP contribution in [0.15, 0.2) is 12.1 Å². The maximum absolute atomic E-state index is 11.0. The van der Waals surface area contributed by atoms with E-state index in [0.29, 0.717) is 0 Å². The van der Waals surface area contributed by atoms with Crippen LogP contribution in [0, 0.1) is 10.1 Å². The number of hydrogen-bond acceptors (Lipinski definition) is 4. The smallest absolute Gasteiger partial charge is 0.294 e. The lowest BCUT2D eigenvalue weighted by Crippen LogP contribution is -2.00. The van der Waals surface area contributed by atoms with Gasteiger partial charge in [-0.25, -0.2) is 0 Å². The summed E-state index contributed by atoms with van der Waals surface area (Å²) in [6, 6.07) is 2.43. The van der Waals surface area contributed by atoms with Gasteiger partial charge in [0, 0.05) is 11.6 Å². The van der Waals surface area contributed by atoms with Crippen LogP contribution in [0.5, 0.6) is 0 Å². The number of nitrogens with two attached hydrogens (primary N) is 1. The minimum atomic E-state index is -0.673. The van der Waals surface area contributed by atoms with Gasteiger partial charge in [-0.3, -0.25) is 14.9 Å². The molecule has 0 aliphatic heterocycles. The molecule has 0 unspecified atom stereocenters. The van der Waals surface area contributed by atoms with E-state index >= 15 is 0 Å². The van der Waals surface area contributed by atoms with Gasteiger partial charge in [-0.15, -0.1) is 0 Å². The van der Waals surface area contributed by atoms with E-state index in [1.54, 1.807) is 0 Å². The summed E-state index contributed by atoms with van der Waals surface area (Å²) >= 11 is 5.63. The molecule has 0 saturated heterocycles. The fourth-order valence-electron chi connectivity index (χ4n) is 0.958. The molecule has 0 bridgehead atoms. The Morgan fingerprint density at radius 1 is 1.57 bits per heavy atom. The first kappa shape index (κ1) is 10.5. The molecule has 0 fully saturated rings. The summed E-state index contributed by atoms with van der Waals surface area (Å²) in [5.74, 6) is -0.296. The Labute approximate surface area is 84.6 Å². The number of Topliss-reactive ketones (excluding diaryl/α,β-unsaturated/α-hetero) is 1. The average molecular weight is 215 g/mol. The Bertz CT molecular complexity index is 417. The zero-order valence-electron chi connectivity index (χ0n) is 7.28. The number of nitro groups is 1. The SMILES string of the molecule is CC(=O)c1cc(Cl)c(N)c([N+](=O)[O-])c1. The number of nitrogens with zero attached hydrogens (tertiary/aromatic N) is 1. The second-order valence-electron chi connectivity index (χ2n) is 2.70. The molecule has 1 aromatic rings. The van der Waals surface area contributed by atoms with Gasteiger partial charge in [0.15, 0.2) is 5.78 Å². The fraction of sp³-hybridized carbons (Fsp3) is 0.125. The number of carbonyl (C=O) groups is 1. The number of nitrogen functional groups attached to an aromatic ring is 1. The number of hydrogen-bond donors (Lipinski definition) is 1. The highest BCUT2D eigenvalue weighted by Gasteiger charge is 2.17. The van der Waals surface area contributed by atoms with Crippen molar-refractivity contribution >= 4 is 28.8 Å². The number of rotatable bonds is 2. The summed E-state index contributed by atoms with van der Waals surface area (Å²) in [6.45, 7) is 1.30. The van der Waals surface area contributed by atoms with Gasteiger partial charge in [0.2, 0.25) is 0 Å². The van der Waals surface area contributed by atoms with Gasteiger partial charge in [0.05, 0.1) is 9.95 Å². The maximum atomic E-state index is 11.0. The van der Waals surface area contributed by atoms with E-state index in [9.17, 15) is 14.9 Å². The molecule has 0 aliphatic carbocycles. The van der Waals surface area contributed by atoms with Crippen molar-refractivity contribution in [3.8, 4) is 0 Å². The number of halogens is 1. The molecular weight excluding hydrogens is 208 g/mol. The summed E-state index contributed by atoms with van der Waals surface area (Å²) in [7, 11) is 0. The van der Waals surface area contributed by atoms with E-state index in [1.165, 1.54) is 13.0 Å². The average Bonchev–Trinajstić information content (AvgIpc) is 2.08. The molecule has 1 rings (SSSR count). The maximum Gasteiger partial charge on any atom is 0.294 e. The van der Waals surface area contributed by atoms with Crippen molar-refractivity contribution in [2.24, 2.45) is 0 Å². The Hall–Kier alpha value is -1.62. The third-order valence-corrected chi connectivity index (χ3v) is 2.02. The fourth-order valence-corrected chi connectivity index (χ4v) is 1.17. The quantitative estimate of drug-likeness (QED) is 0.353. The Balaban J connectivity index is 3.43. The van der Waals surface area contributed by atoms with E-state index in [1.807, 2.05) is 0 Å². The van der Waals surface area contributed by atoms with E-state index in [0.717, 1.165) is 6.07 Å². The zero-order valence-corrected chi connectivity index (χ0v) is 8.04. The van der Waals surface area contributed by atoms with Crippen LogP contribution in [0.4, 0.5) is 11.4 Å². The summed E-state index contributed by atoms with van der Waals surface area (Å²) < 4.78 is 0. The molecule has 0 saturated carbocycles. The lowest BCUT2D eigenvalue weighted by Gasteiger charge is -2.02. The van der Waals surface area contributed by atoms with Crippen LogP contribution in [-0.2, 0) is 0 Å². The highest BCUT2D eigenvalue weighted by atomic mass is 35.5. The Morgan fingerprint density at radius 3 is 2.57 bits per heavy atom. The third-order valence-electron chi connectivity index (χ3n) is 1.71. The van der Waals surface area contributed by atoms with Crippen LogP contribution < -0.4 is 5.73 Å². The molecule has 5 nitrogen and oxygen atoms in total. The summed E-state index contributed by atoms with van der Waals surface area (Å²) in [4.78, 5) is 20.8. The molecule has 14 heavy (non-hydrogen) atoms. The minimum absolute atomic E-state index is 0.0180. The van der Waals surface area contributed by atoms with Crippen molar-refractivity contribution < 1.29 is 9.72 Å². The standard InChI is InChI=1S/C8H7ClN2O3/c1-4(12)5-2-6(9)8(10)7(3-5)11(13)14/h2-3H,10H2,1H3. The Kier molecular flexibility index (Phi) is 2.71. The molecular formula is C8H7ClN2O3. The topological polar surface area (TPSA) is 86.2 Å². The second-order valence-corrected chi connectivity index (χ2v) is 3.11. The molecule has 0 aliphatic rings. The van der Waals surface area contributed by atoms with Gasteiger partial charge < -0.3 is 5.73 Å². The summed E-state index contributed by atoms with van der Waals surface area (Å²) in [5.41, 5.74) is 5.08. The lowest BCUT2D eigenvalue weighted by molar-refractivity contribution is -0.383. The summed E-state index contributed by atoms with van der Waals surface area (Å²) in [6.07, 6.45) is 0. The highest BCUT2D eigenvalue weighted by molar-refractivity contribution is 6.34. The van der Waals surface area contributed by atoms with E-state index in [4.69, 9.17) is 17.3 Å². The zero-order chi connectivity index (χ0) is 10.9. The predicted octanol–water partition coefficient (Wildman–Crippen LogP) is 2.03. The van der Waals surface area contributed by atoms with Gasteiger partial charge in [-0.1, -0.05) is 11.6 Å². The normalized spacial score (nSPS) is 9.86. The lowest BCUT2D eigenvalue weighted by atomic mass is 10.1. The molecule has 0 spiro atoms. The minimum Gasteiger partial charge on any atom is -0.392 e. The molecule has 2 N–H and O–H groups in total. The first-order valence-electron chi connectivity index (χ1n) is 3.68. The highest BCUT2D eigenvalue weighted by Crippen LogP contribution is 2.30. The van der Waals surface area contributed by atoms with Crippen molar-refractivity contribution in [3.63, 3.8) is 0 Å². The molecule has 0 radical (unpaired) electrons. The molecule has 1 aromatic carbocycles. The molecule has 74 valence electrons. The van der Waals surface area contributed by atoms with Crippen LogP contribution in [-0.4, -0.2) is 10.7 Å². The van der Waals surface area contributed by atoms with Gasteiger partial charge in [-0.2, -0.15) is 0 Å². The molecule has 0 heterocycles. The monoisotopic (exact) mass is 214 g/mol. The molecule has 0 aromatic heterocycles. The number of nitro benzene ring substituents is 1. The molecule has 6 heteroatoms. The second kappa shape index (κ2) is 3.63. The van der Waals surface area contributed by atoms with Crippen LogP contribution in [0.1, 0.15) is 17.3 Å². The van der Waals surface area contributed by atoms with E-state index in [2.05, 4.69) is 0 Å². The summed E-state index contributed by atoms with van der Waals surface area (Å²) in [5, 5.41) is 10.5. The molecule has 0 amide bonds. The van der Waals surface area contributed by atoms with Gasteiger partial charge in [-0.05, 0) is 13.0 Å². The van der Waals surface area contributed by atoms with Crippen LogP contribution in [0.2, 0.25) is 5.02 Å².